The first-order valence-corrected chi connectivity index (χ1v) is 7.40. The molecule has 2 nitrogen and oxygen atoms in total. The van der Waals surface area contributed by atoms with E-state index in [1.165, 1.54) is 6.07 Å². The Bertz CT molecular complexity index is 474. The summed E-state index contributed by atoms with van der Waals surface area (Å²) in [6.07, 6.45) is 2.32. The molecule has 0 aliphatic carbocycles. The van der Waals surface area contributed by atoms with Gasteiger partial charge >= 0.3 is 0 Å². The first-order valence-electron chi connectivity index (χ1n) is 7.40. The van der Waals surface area contributed by atoms with Crippen molar-refractivity contribution >= 4 is 5.78 Å². The monoisotopic (exact) mass is 277 g/mol. The SMILES string of the molecule is CC(CN1CCC(C)(C)CC1)C(=O)c1ccccc1F. The number of piperidine rings is 1. The van der Waals surface area contributed by atoms with Crippen LogP contribution in [0.5, 0.6) is 0 Å². The van der Waals surface area contributed by atoms with Crippen molar-refractivity contribution in [3.63, 3.8) is 0 Å². The average Bonchev–Trinajstić information content (AvgIpc) is 2.41. The Hall–Kier alpha value is -1.22. The van der Waals surface area contributed by atoms with Crippen LogP contribution in [0.1, 0.15) is 44.0 Å². The summed E-state index contributed by atoms with van der Waals surface area (Å²) in [5.41, 5.74) is 0.632. The Labute approximate surface area is 121 Å². The van der Waals surface area contributed by atoms with Crippen LogP contribution in [0.4, 0.5) is 4.39 Å². The molecule has 1 fully saturated rings. The van der Waals surface area contributed by atoms with Gasteiger partial charge in [-0.2, -0.15) is 0 Å². The van der Waals surface area contributed by atoms with Gasteiger partial charge in [0.15, 0.2) is 5.78 Å². The van der Waals surface area contributed by atoms with Crippen LogP contribution in [0.25, 0.3) is 0 Å². The molecule has 1 saturated heterocycles. The lowest BCUT2D eigenvalue weighted by molar-refractivity contribution is 0.0826. The third-order valence-corrected chi connectivity index (χ3v) is 4.33. The summed E-state index contributed by atoms with van der Waals surface area (Å²) in [6, 6.07) is 6.26. The standard InChI is InChI=1S/C17H24FNO/c1-13(12-19-10-8-17(2,3)9-11-19)16(20)14-6-4-5-7-15(14)18/h4-7,13H,8-12H2,1-3H3. The quantitative estimate of drug-likeness (QED) is 0.781. The Morgan fingerprint density at radius 2 is 1.90 bits per heavy atom. The lowest BCUT2D eigenvalue weighted by Gasteiger charge is -2.37. The molecule has 0 amide bonds. The Kier molecular flexibility index (Phi) is 4.59. The predicted octanol–water partition coefficient (Wildman–Crippen LogP) is 3.77. The number of carbonyl (C=O) groups is 1. The number of hydrogen-bond donors (Lipinski definition) is 0. The number of benzene rings is 1. The molecule has 1 aliphatic rings. The smallest absolute Gasteiger partial charge is 0.169 e. The third-order valence-electron chi connectivity index (χ3n) is 4.33. The largest absolute Gasteiger partial charge is 0.303 e. The zero-order chi connectivity index (χ0) is 14.8. The highest BCUT2D eigenvalue weighted by Gasteiger charge is 2.27. The van der Waals surface area contributed by atoms with Crippen LogP contribution in [-0.4, -0.2) is 30.3 Å². The number of likely N-dealkylation sites (tertiary alicyclic amines) is 1. The van der Waals surface area contributed by atoms with Crippen LogP contribution in [0.2, 0.25) is 0 Å². The van der Waals surface area contributed by atoms with E-state index in [-0.39, 0.29) is 17.3 Å². The van der Waals surface area contributed by atoms with Gasteiger partial charge in [0.05, 0.1) is 5.56 Å². The lowest BCUT2D eigenvalue weighted by atomic mass is 9.82. The summed E-state index contributed by atoms with van der Waals surface area (Å²) in [7, 11) is 0. The van der Waals surface area contributed by atoms with Crippen molar-refractivity contribution in [3.05, 3.63) is 35.6 Å². The second kappa shape index (κ2) is 6.04. The molecule has 0 saturated carbocycles. The highest BCUT2D eigenvalue weighted by atomic mass is 19.1. The van der Waals surface area contributed by atoms with E-state index < -0.39 is 5.82 Å². The van der Waals surface area contributed by atoms with E-state index in [0.29, 0.717) is 5.41 Å². The van der Waals surface area contributed by atoms with Crippen LogP contribution in [0.3, 0.4) is 0 Å². The van der Waals surface area contributed by atoms with Gasteiger partial charge < -0.3 is 4.90 Å². The summed E-state index contributed by atoms with van der Waals surface area (Å²) in [6.45, 7) is 9.26. The van der Waals surface area contributed by atoms with Gasteiger partial charge in [0.25, 0.3) is 0 Å². The molecule has 1 heterocycles. The van der Waals surface area contributed by atoms with Gasteiger partial charge in [0, 0.05) is 12.5 Å². The molecule has 0 aromatic heterocycles. The van der Waals surface area contributed by atoms with Gasteiger partial charge in [-0.3, -0.25) is 4.79 Å². The number of rotatable bonds is 4. The van der Waals surface area contributed by atoms with E-state index in [4.69, 9.17) is 0 Å². The molecule has 110 valence electrons. The number of hydrogen-bond acceptors (Lipinski definition) is 2. The van der Waals surface area contributed by atoms with Gasteiger partial charge in [0.2, 0.25) is 0 Å². The molecule has 20 heavy (non-hydrogen) atoms. The maximum atomic E-state index is 13.6. The summed E-state index contributed by atoms with van der Waals surface area (Å²) in [5, 5.41) is 0. The van der Waals surface area contributed by atoms with E-state index in [1.807, 2.05) is 6.92 Å². The highest BCUT2D eigenvalue weighted by Crippen LogP contribution is 2.30. The molecule has 0 spiro atoms. The molecule has 0 bridgehead atoms. The van der Waals surface area contributed by atoms with Gasteiger partial charge in [-0.15, -0.1) is 0 Å². The van der Waals surface area contributed by atoms with E-state index in [2.05, 4.69) is 18.7 Å². The Morgan fingerprint density at radius 1 is 1.30 bits per heavy atom. The van der Waals surface area contributed by atoms with E-state index >= 15 is 0 Å². The minimum absolute atomic E-state index is 0.0899. The Balaban J connectivity index is 1.94. The normalized spacial score (nSPS) is 20.6. The summed E-state index contributed by atoms with van der Waals surface area (Å²) in [4.78, 5) is 14.6. The molecule has 0 radical (unpaired) electrons. The molecule has 1 unspecified atom stereocenters. The fourth-order valence-electron chi connectivity index (χ4n) is 2.74. The van der Waals surface area contributed by atoms with Crippen molar-refractivity contribution in [3.8, 4) is 0 Å². The fourth-order valence-corrected chi connectivity index (χ4v) is 2.74. The predicted molar refractivity (Wildman–Crippen MR) is 79.3 cm³/mol. The fraction of sp³-hybridized carbons (Fsp3) is 0.588. The first kappa shape index (κ1) is 15.2. The minimum Gasteiger partial charge on any atom is -0.303 e. The molecule has 0 N–H and O–H groups in total. The molecule has 1 aliphatic heterocycles. The van der Waals surface area contributed by atoms with Crippen LogP contribution in [-0.2, 0) is 0 Å². The molecular weight excluding hydrogens is 253 g/mol. The van der Waals surface area contributed by atoms with Gasteiger partial charge in [0.1, 0.15) is 5.82 Å². The number of ketones is 1. The molecule has 1 aromatic rings. The van der Waals surface area contributed by atoms with E-state index in [0.717, 1.165) is 32.5 Å². The number of carbonyl (C=O) groups excluding carboxylic acids is 1. The number of nitrogens with zero attached hydrogens (tertiary/aromatic N) is 1. The molecule has 2 rings (SSSR count). The van der Waals surface area contributed by atoms with E-state index in [9.17, 15) is 9.18 Å². The zero-order valence-corrected chi connectivity index (χ0v) is 12.7. The first-order chi connectivity index (χ1) is 9.39. The second-order valence-corrected chi connectivity index (χ2v) is 6.71. The molecular formula is C17H24FNO. The molecule has 3 heteroatoms. The summed E-state index contributed by atoms with van der Waals surface area (Å²) in [5.74, 6) is -0.662. The van der Waals surface area contributed by atoms with Crippen molar-refractivity contribution in [2.75, 3.05) is 19.6 Å². The van der Waals surface area contributed by atoms with Crippen molar-refractivity contribution < 1.29 is 9.18 Å². The second-order valence-electron chi connectivity index (χ2n) is 6.71. The van der Waals surface area contributed by atoms with Gasteiger partial charge in [-0.1, -0.05) is 32.9 Å². The van der Waals surface area contributed by atoms with Crippen LogP contribution in [0.15, 0.2) is 24.3 Å². The molecule has 1 atom stereocenters. The average molecular weight is 277 g/mol. The maximum absolute atomic E-state index is 13.6. The van der Waals surface area contributed by atoms with Crippen LogP contribution >= 0.6 is 0 Å². The summed E-state index contributed by atoms with van der Waals surface area (Å²) >= 11 is 0. The van der Waals surface area contributed by atoms with Crippen molar-refractivity contribution in [2.24, 2.45) is 11.3 Å². The van der Waals surface area contributed by atoms with Crippen molar-refractivity contribution in [1.29, 1.82) is 0 Å². The lowest BCUT2D eigenvalue weighted by Crippen LogP contribution is -2.40. The number of Topliss-reactive ketones (excluding diaryl/α,β-unsaturated/α-hetero) is 1. The maximum Gasteiger partial charge on any atom is 0.169 e. The van der Waals surface area contributed by atoms with Gasteiger partial charge in [-0.25, -0.2) is 4.39 Å². The van der Waals surface area contributed by atoms with Crippen LogP contribution in [0, 0.1) is 17.2 Å². The van der Waals surface area contributed by atoms with Crippen molar-refractivity contribution in [1.82, 2.24) is 4.90 Å². The highest BCUT2D eigenvalue weighted by molar-refractivity contribution is 5.98. The zero-order valence-electron chi connectivity index (χ0n) is 12.7. The van der Waals surface area contributed by atoms with Gasteiger partial charge in [-0.05, 0) is 43.5 Å². The topological polar surface area (TPSA) is 20.3 Å². The Morgan fingerprint density at radius 3 is 2.50 bits per heavy atom. The number of halogens is 1. The van der Waals surface area contributed by atoms with Crippen LogP contribution < -0.4 is 0 Å². The minimum atomic E-state index is -0.413. The summed E-state index contributed by atoms with van der Waals surface area (Å²) < 4.78 is 13.6. The third kappa shape index (κ3) is 3.66. The molecule has 1 aromatic carbocycles. The van der Waals surface area contributed by atoms with Crippen molar-refractivity contribution in [2.45, 2.75) is 33.6 Å². The van der Waals surface area contributed by atoms with E-state index in [1.54, 1.807) is 18.2 Å².